The van der Waals surface area contributed by atoms with Gasteiger partial charge in [0, 0.05) is 19.3 Å². The Kier molecular flexibility index (Phi) is 49.5. The van der Waals surface area contributed by atoms with Gasteiger partial charge in [0.25, 0.3) is 0 Å². The van der Waals surface area contributed by atoms with Crippen molar-refractivity contribution < 1.29 is 28.6 Å². The second kappa shape index (κ2) is 52.7. The summed E-state index contributed by atoms with van der Waals surface area (Å²) in [5.41, 5.74) is 0. The van der Waals surface area contributed by atoms with E-state index in [2.05, 4.69) is 106 Å². The van der Waals surface area contributed by atoms with Crippen LogP contribution in [-0.2, 0) is 28.6 Å². The summed E-state index contributed by atoms with van der Waals surface area (Å²) in [4.78, 5) is 38.0. The van der Waals surface area contributed by atoms with Crippen molar-refractivity contribution in [3.8, 4) is 0 Å². The van der Waals surface area contributed by atoms with E-state index in [-0.39, 0.29) is 31.1 Å². The number of hydrogen-bond acceptors (Lipinski definition) is 6. The average molecular weight is 901 g/mol. The molecule has 0 radical (unpaired) electrons. The largest absolute Gasteiger partial charge is 0.462 e. The molecule has 0 N–H and O–H groups in total. The van der Waals surface area contributed by atoms with Crippen molar-refractivity contribution in [3.05, 3.63) is 109 Å². The third-order valence-electron chi connectivity index (χ3n) is 10.9. The van der Waals surface area contributed by atoms with Crippen molar-refractivity contribution in [3.63, 3.8) is 0 Å². The molecule has 65 heavy (non-hydrogen) atoms. The van der Waals surface area contributed by atoms with E-state index in [0.29, 0.717) is 19.3 Å². The topological polar surface area (TPSA) is 78.9 Å². The van der Waals surface area contributed by atoms with E-state index < -0.39 is 6.10 Å². The molecule has 0 aliphatic heterocycles. The van der Waals surface area contributed by atoms with E-state index in [9.17, 15) is 14.4 Å². The normalized spacial score (nSPS) is 13.0. The molecule has 0 fully saturated rings. The number of allylic oxidation sites excluding steroid dienone is 18. The van der Waals surface area contributed by atoms with Crippen LogP contribution in [0.15, 0.2) is 109 Å². The van der Waals surface area contributed by atoms with Crippen LogP contribution in [0.5, 0.6) is 0 Å². The fraction of sp³-hybridized carbons (Fsp3) is 0.644. The van der Waals surface area contributed by atoms with E-state index in [1.165, 1.54) is 64.2 Å². The van der Waals surface area contributed by atoms with Crippen LogP contribution in [0, 0.1) is 0 Å². The number of unbranched alkanes of at least 4 members (excludes halogenated alkanes) is 23. The van der Waals surface area contributed by atoms with Gasteiger partial charge in [-0.05, 0) is 83.5 Å². The Morgan fingerprint density at radius 1 is 0.323 bits per heavy atom. The molecule has 0 amide bonds. The lowest BCUT2D eigenvalue weighted by Gasteiger charge is -2.18. The van der Waals surface area contributed by atoms with Crippen LogP contribution in [0.25, 0.3) is 0 Å². The lowest BCUT2D eigenvalue weighted by molar-refractivity contribution is -0.167. The quantitative estimate of drug-likeness (QED) is 0.0199. The molecule has 0 aromatic carbocycles. The molecule has 0 aliphatic rings. The molecule has 6 heteroatoms. The van der Waals surface area contributed by atoms with E-state index in [1.807, 2.05) is 24.3 Å². The maximum atomic E-state index is 12.8. The predicted octanol–water partition coefficient (Wildman–Crippen LogP) is 17.5. The van der Waals surface area contributed by atoms with Crippen LogP contribution in [-0.4, -0.2) is 37.2 Å². The highest BCUT2D eigenvalue weighted by molar-refractivity contribution is 5.71. The number of rotatable bonds is 46. The highest BCUT2D eigenvalue weighted by Crippen LogP contribution is 2.14. The third kappa shape index (κ3) is 50.9. The molecule has 0 aromatic rings. The molecule has 1 atom stereocenters. The predicted molar refractivity (Wildman–Crippen MR) is 279 cm³/mol. The molecule has 0 saturated heterocycles. The molecule has 0 saturated carbocycles. The molecular formula is C59H96O6. The Morgan fingerprint density at radius 2 is 0.646 bits per heavy atom. The molecule has 368 valence electrons. The maximum Gasteiger partial charge on any atom is 0.306 e. The zero-order valence-electron chi connectivity index (χ0n) is 42.0. The third-order valence-corrected chi connectivity index (χ3v) is 10.9. The van der Waals surface area contributed by atoms with E-state index in [0.717, 1.165) is 122 Å². The maximum absolute atomic E-state index is 12.8. The van der Waals surface area contributed by atoms with Crippen LogP contribution in [0.3, 0.4) is 0 Å². The Morgan fingerprint density at radius 3 is 1.05 bits per heavy atom. The monoisotopic (exact) mass is 901 g/mol. The SMILES string of the molecule is CC\C=C/C=C\C=C/CCCCCCCC(=O)OCC(COC(=O)CCCCCCC\C=C/C=C\C=C/C=C\C=C/CCC)OC(=O)CCCCCCC/C=C\CCCCCCCCC. The highest BCUT2D eigenvalue weighted by atomic mass is 16.6. The first-order valence-electron chi connectivity index (χ1n) is 26.5. The highest BCUT2D eigenvalue weighted by Gasteiger charge is 2.19. The Bertz CT molecular complexity index is 1360. The van der Waals surface area contributed by atoms with Gasteiger partial charge in [0.15, 0.2) is 6.10 Å². The van der Waals surface area contributed by atoms with Gasteiger partial charge in [-0.2, -0.15) is 0 Å². The molecule has 1 unspecified atom stereocenters. The zero-order chi connectivity index (χ0) is 47.2. The van der Waals surface area contributed by atoms with Gasteiger partial charge in [-0.1, -0.05) is 233 Å². The lowest BCUT2D eigenvalue weighted by atomic mass is 10.1. The van der Waals surface area contributed by atoms with Crippen molar-refractivity contribution in [1.29, 1.82) is 0 Å². The van der Waals surface area contributed by atoms with Crippen molar-refractivity contribution in [2.45, 2.75) is 232 Å². The Hall–Kier alpha value is -3.93. The molecule has 0 spiro atoms. The molecule has 0 aromatic heterocycles. The summed E-state index contributed by atoms with van der Waals surface area (Å²) >= 11 is 0. The summed E-state index contributed by atoms with van der Waals surface area (Å²) in [5.74, 6) is -0.958. The van der Waals surface area contributed by atoms with Crippen LogP contribution in [0.2, 0.25) is 0 Å². The summed E-state index contributed by atoms with van der Waals surface area (Å²) < 4.78 is 16.8. The summed E-state index contributed by atoms with van der Waals surface area (Å²) in [6.07, 6.45) is 70.6. The first-order valence-corrected chi connectivity index (χ1v) is 26.5. The first-order chi connectivity index (χ1) is 32.0. The number of ether oxygens (including phenoxy) is 3. The Balaban J connectivity index is 4.49. The van der Waals surface area contributed by atoms with E-state index >= 15 is 0 Å². The zero-order valence-corrected chi connectivity index (χ0v) is 42.0. The summed E-state index contributed by atoms with van der Waals surface area (Å²) in [7, 11) is 0. The Labute approximate surface area is 400 Å². The standard InChI is InChI=1S/C59H96O6/c1-4-7-10-13-16-19-22-25-27-29-30-32-34-37-40-43-46-49-52-58(61)64-55-56(54-63-57(60)51-48-45-42-39-36-33-24-21-18-15-12-9-6-3)65-59(62)53-50-47-44-41-38-35-31-28-26-23-20-17-14-11-8-5-2/h9-10,12-13,15-16,18-19,21-22,24-25,27-32,56H,4-8,11,14,17,20,23,26,33-55H2,1-3H3/b12-9-,13-10-,18-15-,19-16-,24-21-,25-22-,29-27-,31-28-,32-30-. The van der Waals surface area contributed by atoms with Gasteiger partial charge < -0.3 is 14.2 Å². The van der Waals surface area contributed by atoms with Gasteiger partial charge in [0.1, 0.15) is 13.2 Å². The van der Waals surface area contributed by atoms with Gasteiger partial charge in [0.2, 0.25) is 0 Å². The minimum absolute atomic E-state index is 0.103. The fourth-order valence-corrected chi connectivity index (χ4v) is 6.94. The number of carbonyl (C=O) groups is 3. The van der Waals surface area contributed by atoms with Crippen LogP contribution in [0.4, 0.5) is 0 Å². The van der Waals surface area contributed by atoms with Gasteiger partial charge >= 0.3 is 17.9 Å². The van der Waals surface area contributed by atoms with Gasteiger partial charge in [-0.25, -0.2) is 0 Å². The van der Waals surface area contributed by atoms with Crippen molar-refractivity contribution in [1.82, 2.24) is 0 Å². The average Bonchev–Trinajstić information content (AvgIpc) is 3.30. The smallest absolute Gasteiger partial charge is 0.306 e. The van der Waals surface area contributed by atoms with Crippen molar-refractivity contribution in [2.75, 3.05) is 13.2 Å². The number of carbonyl (C=O) groups excluding carboxylic acids is 3. The fourth-order valence-electron chi connectivity index (χ4n) is 6.94. The molecule has 0 bridgehead atoms. The minimum atomic E-state index is -0.803. The second-order valence-corrected chi connectivity index (χ2v) is 17.2. The molecule has 0 rings (SSSR count). The van der Waals surface area contributed by atoms with Crippen molar-refractivity contribution in [2.24, 2.45) is 0 Å². The minimum Gasteiger partial charge on any atom is -0.462 e. The second-order valence-electron chi connectivity index (χ2n) is 17.2. The number of hydrogen-bond donors (Lipinski definition) is 0. The summed E-state index contributed by atoms with van der Waals surface area (Å²) in [6, 6.07) is 0. The van der Waals surface area contributed by atoms with Gasteiger partial charge in [-0.3, -0.25) is 14.4 Å². The lowest BCUT2D eigenvalue weighted by Crippen LogP contribution is -2.30. The number of esters is 3. The van der Waals surface area contributed by atoms with Crippen LogP contribution in [0.1, 0.15) is 226 Å². The van der Waals surface area contributed by atoms with E-state index in [4.69, 9.17) is 14.2 Å². The molecular weight excluding hydrogens is 805 g/mol. The summed E-state index contributed by atoms with van der Waals surface area (Å²) in [5, 5.41) is 0. The van der Waals surface area contributed by atoms with E-state index in [1.54, 1.807) is 0 Å². The van der Waals surface area contributed by atoms with Gasteiger partial charge in [-0.15, -0.1) is 0 Å². The van der Waals surface area contributed by atoms with Crippen molar-refractivity contribution >= 4 is 17.9 Å². The molecule has 0 heterocycles. The van der Waals surface area contributed by atoms with Crippen LogP contribution >= 0.6 is 0 Å². The molecule has 0 aliphatic carbocycles. The first kappa shape index (κ1) is 61.1. The molecule has 6 nitrogen and oxygen atoms in total. The van der Waals surface area contributed by atoms with Gasteiger partial charge in [0.05, 0.1) is 0 Å². The summed E-state index contributed by atoms with van der Waals surface area (Å²) in [6.45, 7) is 6.36. The van der Waals surface area contributed by atoms with Crippen LogP contribution < -0.4 is 0 Å².